The van der Waals surface area contributed by atoms with Crippen molar-refractivity contribution in [1.82, 2.24) is 9.97 Å². The summed E-state index contributed by atoms with van der Waals surface area (Å²) >= 11 is 2.19. The van der Waals surface area contributed by atoms with Gasteiger partial charge in [0.2, 0.25) is 5.95 Å². The summed E-state index contributed by atoms with van der Waals surface area (Å²) in [7, 11) is 0. The number of halogens is 1. The van der Waals surface area contributed by atoms with E-state index in [4.69, 9.17) is 5.73 Å². The van der Waals surface area contributed by atoms with Crippen LogP contribution in [0.5, 0.6) is 0 Å². The van der Waals surface area contributed by atoms with Crippen molar-refractivity contribution in [3.63, 3.8) is 0 Å². The first-order chi connectivity index (χ1) is 7.18. The molecule has 1 aromatic rings. The topological polar surface area (TPSA) is 55.0 Å². The maximum Gasteiger partial charge on any atom is 0.227 e. The van der Waals surface area contributed by atoms with Crippen molar-refractivity contribution in [3.8, 4) is 0 Å². The fourth-order valence-corrected chi connectivity index (χ4v) is 2.04. The van der Waals surface area contributed by atoms with Gasteiger partial charge in [-0.1, -0.05) is 0 Å². The fraction of sp³-hybridized carbons (Fsp3) is 0.600. The molecule has 5 heteroatoms. The minimum atomic E-state index is 0.601. The Morgan fingerprint density at radius 2 is 1.87 bits per heavy atom. The minimum absolute atomic E-state index is 0.601. The van der Waals surface area contributed by atoms with Gasteiger partial charge in [0, 0.05) is 13.1 Å². The Morgan fingerprint density at radius 3 is 2.47 bits per heavy atom. The van der Waals surface area contributed by atoms with Gasteiger partial charge in [-0.05, 0) is 48.8 Å². The molecule has 0 bridgehead atoms. The number of aryl methyl sites for hydroxylation is 1. The molecule has 15 heavy (non-hydrogen) atoms. The lowest BCUT2D eigenvalue weighted by atomic mass is 10.1. The van der Waals surface area contributed by atoms with Crippen LogP contribution in [0.15, 0.2) is 0 Å². The summed E-state index contributed by atoms with van der Waals surface area (Å²) in [5.41, 5.74) is 6.82. The molecule has 0 atom stereocenters. The number of hydrogen-bond acceptors (Lipinski definition) is 4. The molecule has 1 aliphatic heterocycles. The molecule has 0 radical (unpaired) electrons. The Bertz CT molecular complexity index is 337. The highest BCUT2D eigenvalue weighted by molar-refractivity contribution is 14.1. The molecular weight excluding hydrogens is 303 g/mol. The standard InChI is InChI=1S/C10H15IN4/c1-7-8(11)9(12)14-10(13-7)15-5-3-2-4-6-15/h2-6H2,1H3,(H2,12,13,14). The summed E-state index contributed by atoms with van der Waals surface area (Å²) in [6.07, 6.45) is 3.78. The molecule has 0 aromatic carbocycles. The second-order valence-electron chi connectivity index (χ2n) is 3.86. The van der Waals surface area contributed by atoms with E-state index in [0.717, 1.165) is 28.3 Å². The number of rotatable bonds is 1. The van der Waals surface area contributed by atoms with Crippen LogP contribution in [-0.2, 0) is 0 Å². The lowest BCUT2D eigenvalue weighted by Crippen LogP contribution is -2.31. The highest BCUT2D eigenvalue weighted by Gasteiger charge is 2.15. The van der Waals surface area contributed by atoms with Crippen LogP contribution in [0.3, 0.4) is 0 Å². The quantitative estimate of drug-likeness (QED) is 0.804. The van der Waals surface area contributed by atoms with Gasteiger partial charge in [0.05, 0.1) is 9.26 Å². The molecule has 2 N–H and O–H groups in total. The molecule has 82 valence electrons. The van der Waals surface area contributed by atoms with Crippen molar-refractivity contribution in [2.75, 3.05) is 23.7 Å². The first-order valence-corrected chi connectivity index (χ1v) is 6.31. The van der Waals surface area contributed by atoms with Gasteiger partial charge in [-0.2, -0.15) is 4.98 Å². The van der Waals surface area contributed by atoms with E-state index in [9.17, 15) is 0 Å². The molecular formula is C10H15IN4. The van der Waals surface area contributed by atoms with Gasteiger partial charge >= 0.3 is 0 Å². The molecule has 1 saturated heterocycles. The summed E-state index contributed by atoms with van der Waals surface area (Å²) in [5, 5.41) is 0. The normalized spacial score (nSPS) is 16.8. The summed E-state index contributed by atoms with van der Waals surface area (Å²) in [5.74, 6) is 1.40. The fourth-order valence-electron chi connectivity index (χ4n) is 1.80. The Hall–Kier alpha value is -0.590. The lowest BCUT2D eigenvalue weighted by Gasteiger charge is -2.27. The number of aromatic nitrogens is 2. The number of nitrogens with two attached hydrogens (primary N) is 1. The van der Waals surface area contributed by atoms with Crippen LogP contribution in [-0.4, -0.2) is 23.1 Å². The van der Waals surface area contributed by atoms with Gasteiger partial charge in [-0.3, -0.25) is 0 Å². The third-order valence-electron chi connectivity index (χ3n) is 2.67. The average molecular weight is 318 g/mol. The third-order valence-corrected chi connectivity index (χ3v) is 4.00. The van der Waals surface area contributed by atoms with Gasteiger partial charge in [-0.15, -0.1) is 0 Å². The minimum Gasteiger partial charge on any atom is -0.383 e. The predicted molar refractivity (Wildman–Crippen MR) is 70.0 cm³/mol. The molecule has 2 rings (SSSR count). The van der Waals surface area contributed by atoms with Gasteiger partial charge in [0.1, 0.15) is 5.82 Å². The third kappa shape index (κ3) is 2.32. The summed E-state index contributed by atoms with van der Waals surface area (Å²) < 4.78 is 0.966. The maximum atomic E-state index is 5.84. The smallest absolute Gasteiger partial charge is 0.227 e. The van der Waals surface area contributed by atoms with E-state index in [0.29, 0.717) is 5.82 Å². The molecule has 0 aliphatic carbocycles. The van der Waals surface area contributed by atoms with E-state index >= 15 is 0 Å². The largest absolute Gasteiger partial charge is 0.383 e. The number of nitrogens with zero attached hydrogens (tertiary/aromatic N) is 3. The zero-order valence-electron chi connectivity index (χ0n) is 8.83. The van der Waals surface area contributed by atoms with Crippen molar-refractivity contribution in [2.24, 2.45) is 0 Å². The molecule has 1 aliphatic rings. The van der Waals surface area contributed by atoms with Crippen molar-refractivity contribution in [1.29, 1.82) is 0 Å². The molecule has 1 aromatic heterocycles. The van der Waals surface area contributed by atoms with Crippen LogP contribution in [0.1, 0.15) is 25.0 Å². The zero-order chi connectivity index (χ0) is 10.8. The Kier molecular flexibility index (Phi) is 3.28. The van der Waals surface area contributed by atoms with Gasteiger partial charge in [-0.25, -0.2) is 4.98 Å². The molecule has 0 unspecified atom stereocenters. The molecule has 0 saturated carbocycles. The van der Waals surface area contributed by atoms with E-state index in [-0.39, 0.29) is 0 Å². The van der Waals surface area contributed by atoms with Crippen LogP contribution < -0.4 is 10.6 Å². The maximum absolute atomic E-state index is 5.84. The first kappa shape index (κ1) is 10.9. The number of piperidine rings is 1. The van der Waals surface area contributed by atoms with Gasteiger partial charge in [0.25, 0.3) is 0 Å². The average Bonchev–Trinajstić information content (AvgIpc) is 2.26. The van der Waals surface area contributed by atoms with E-state index < -0.39 is 0 Å². The molecule has 2 heterocycles. The zero-order valence-corrected chi connectivity index (χ0v) is 11.0. The van der Waals surface area contributed by atoms with Crippen LogP contribution in [0.25, 0.3) is 0 Å². The van der Waals surface area contributed by atoms with Crippen molar-refractivity contribution >= 4 is 34.4 Å². The summed E-state index contributed by atoms with van der Waals surface area (Å²) in [4.78, 5) is 11.1. The SMILES string of the molecule is Cc1nc(N2CCCCC2)nc(N)c1I. The number of nitrogen functional groups attached to an aromatic ring is 1. The van der Waals surface area contributed by atoms with Gasteiger partial charge < -0.3 is 10.6 Å². The summed E-state index contributed by atoms with van der Waals surface area (Å²) in [6, 6.07) is 0. The van der Waals surface area contributed by atoms with Crippen molar-refractivity contribution in [3.05, 3.63) is 9.26 Å². The first-order valence-electron chi connectivity index (χ1n) is 5.23. The lowest BCUT2D eigenvalue weighted by molar-refractivity contribution is 0.568. The highest BCUT2D eigenvalue weighted by atomic mass is 127. The number of hydrogen-bond donors (Lipinski definition) is 1. The Labute approximate surface area is 103 Å². The number of anilines is 2. The second-order valence-corrected chi connectivity index (χ2v) is 4.93. The molecule has 1 fully saturated rings. The van der Waals surface area contributed by atoms with Crippen LogP contribution in [0.4, 0.5) is 11.8 Å². The van der Waals surface area contributed by atoms with Crippen LogP contribution in [0, 0.1) is 10.5 Å². The monoisotopic (exact) mass is 318 g/mol. The predicted octanol–water partition coefficient (Wildman–Crippen LogP) is 1.96. The van der Waals surface area contributed by atoms with Crippen LogP contribution in [0.2, 0.25) is 0 Å². The molecule has 0 amide bonds. The van der Waals surface area contributed by atoms with Crippen molar-refractivity contribution < 1.29 is 0 Å². The second kappa shape index (κ2) is 4.51. The Morgan fingerprint density at radius 1 is 1.20 bits per heavy atom. The van der Waals surface area contributed by atoms with Crippen molar-refractivity contribution in [2.45, 2.75) is 26.2 Å². The van der Waals surface area contributed by atoms with E-state index in [2.05, 4.69) is 37.5 Å². The van der Waals surface area contributed by atoms with E-state index in [1.807, 2.05) is 6.92 Å². The molecule has 4 nitrogen and oxygen atoms in total. The summed E-state index contributed by atoms with van der Waals surface area (Å²) in [6.45, 7) is 4.09. The van der Waals surface area contributed by atoms with E-state index in [1.165, 1.54) is 19.3 Å². The van der Waals surface area contributed by atoms with Gasteiger partial charge in [0.15, 0.2) is 0 Å². The highest BCUT2D eigenvalue weighted by Crippen LogP contribution is 2.21. The van der Waals surface area contributed by atoms with Crippen LogP contribution >= 0.6 is 22.6 Å². The molecule has 0 spiro atoms. The van der Waals surface area contributed by atoms with E-state index in [1.54, 1.807) is 0 Å². The Balaban J connectivity index is 2.27.